The molecule has 0 aliphatic heterocycles. The lowest BCUT2D eigenvalue weighted by molar-refractivity contribution is -0.164. The number of hydrogen-bond donors (Lipinski definition) is 3. The van der Waals surface area contributed by atoms with Crippen molar-refractivity contribution in [3.63, 3.8) is 0 Å². The molecule has 6 aliphatic carbocycles. The van der Waals surface area contributed by atoms with Crippen LogP contribution in [0.1, 0.15) is 261 Å². The molecule has 0 bridgehead atoms. The Hall–Kier alpha value is -4.94. The van der Waals surface area contributed by atoms with Crippen LogP contribution in [0.2, 0.25) is 0 Å². The van der Waals surface area contributed by atoms with Crippen LogP contribution in [0.4, 0.5) is 5.82 Å². The molecule has 0 radical (unpaired) electrons. The summed E-state index contributed by atoms with van der Waals surface area (Å²) in [6.45, 7) is 38.2. The first-order valence-corrected chi connectivity index (χ1v) is 31.6. The van der Waals surface area contributed by atoms with E-state index in [1.807, 2.05) is 27.7 Å². The maximum atomic E-state index is 15.4. The van der Waals surface area contributed by atoms with E-state index in [9.17, 15) is 24.3 Å². The molecule has 4 saturated carbocycles. The van der Waals surface area contributed by atoms with E-state index >= 15 is 14.4 Å². The van der Waals surface area contributed by atoms with Gasteiger partial charge in [0.1, 0.15) is 40.9 Å². The number of anilines is 1. The number of aliphatic hydroxyl groups excluding tert-OH is 1. The zero-order chi connectivity index (χ0) is 60.9. The van der Waals surface area contributed by atoms with Crippen molar-refractivity contribution in [3.8, 4) is 0 Å². The van der Waals surface area contributed by atoms with Gasteiger partial charge in [0.25, 0.3) is 0 Å². The van der Waals surface area contributed by atoms with E-state index in [0.717, 1.165) is 77.0 Å². The number of amides is 2. The normalized spacial score (nSPS) is 27.7. The van der Waals surface area contributed by atoms with Crippen LogP contribution < -0.4 is 5.32 Å². The molecule has 4 unspecified atom stereocenters. The number of carbonyl (C=O) groups is 7. The zero-order valence-corrected chi connectivity index (χ0v) is 53.5. The van der Waals surface area contributed by atoms with E-state index < -0.39 is 53.6 Å². The van der Waals surface area contributed by atoms with Gasteiger partial charge in [0.15, 0.2) is 0 Å². The zero-order valence-electron chi connectivity index (χ0n) is 53.5. The highest BCUT2D eigenvalue weighted by Crippen LogP contribution is 2.54. The van der Waals surface area contributed by atoms with Crippen molar-refractivity contribution in [1.29, 1.82) is 0 Å². The summed E-state index contributed by atoms with van der Waals surface area (Å²) in [6, 6.07) is 0. The van der Waals surface area contributed by atoms with Crippen molar-refractivity contribution in [2.24, 2.45) is 79.9 Å². The fourth-order valence-electron chi connectivity index (χ4n) is 15.2. The van der Waals surface area contributed by atoms with Gasteiger partial charge in [0.2, 0.25) is 17.6 Å². The minimum atomic E-state index is -0.661. The Labute approximate surface area is 491 Å². The third-order valence-corrected chi connectivity index (χ3v) is 19.8. The van der Waals surface area contributed by atoms with Crippen LogP contribution in [-0.2, 0) is 38.2 Å². The molecular formula is C69H103N3O10. The third-order valence-electron chi connectivity index (χ3n) is 19.8. The number of ether oxygens (including phenoxy) is 2. The Kier molecular flexibility index (Phi) is 19.7. The summed E-state index contributed by atoms with van der Waals surface area (Å²) in [5.74, 6) is -3.32. The molecule has 13 heteroatoms. The summed E-state index contributed by atoms with van der Waals surface area (Å²) in [7, 11) is 0. The van der Waals surface area contributed by atoms with Crippen molar-refractivity contribution < 1.29 is 48.1 Å². The summed E-state index contributed by atoms with van der Waals surface area (Å²) >= 11 is 0. The number of aliphatic imine (C=N–C) groups is 1. The van der Waals surface area contributed by atoms with Gasteiger partial charge in [-0.15, -0.1) is 0 Å². The van der Waals surface area contributed by atoms with Crippen LogP contribution in [0.5, 0.6) is 0 Å². The molecule has 0 aromatic carbocycles. The van der Waals surface area contributed by atoms with E-state index in [1.54, 1.807) is 0 Å². The Morgan fingerprint density at radius 2 is 1.04 bits per heavy atom. The largest absolute Gasteiger partial charge is 0.506 e. The summed E-state index contributed by atoms with van der Waals surface area (Å²) in [4.78, 5) is 108. The molecule has 1 aromatic heterocycles. The number of nitrogens with one attached hydrogen (secondary N) is 2. The molecular weight excluding hydrogens is 1030 g/mol. The van der Waals surface area contributed by atoms with Crippen LogP contribution in [0.3, 0.4) is 0 Å². The van der Waals surface area contributed by atoms with Crippen molar-refractivity contribution in [1.82, 2.24) is 4.98 Å². The third kappa shape index (κ3) is 14.1. The summed E-state index contributed by atoms with van der Waals surface area (Å²) < 4.78 is 13.7. The number of H-pyrrole nitrogens is 1. The van der Waals surface area contributed by atoms with Gasteiger partial charge in [0.05, 0.1) is 28.1 Å². The Morgan fingerprint density at radius 1 is 0.610 bits per heavy atom. The highest BCUT2D eigenvalue weighted by atomic mass is 16.5. The van der Waals surface area contributed by atoms with E-state index in [4.69, 9.17) is 9.47 Å². The van der Waals surface area contributed by atoms with Crippen LogP contribution in [-0.4, -0.2) is 69.1 Å². The molecule has 6 aliphatic rings. The van der Waals surface area contributed by atoms with Gasteiger partial charge in [-0.1, -0.05) is 150 Å². The standard InChI is InChI=1S/C69H103N3O10/c1-36(2)52-42(35-47(70-50(75)29-27-48(73)40-23-19-20-24-40)55(52)64(79)81-61-43(66(7,8)9)31-38(5)32-44(61)67(10,11)12)54-59(77)57(60(54)78)58-53(37(3)4)56(63(72-58)71-51(76)30-28-49(74)41-25-21-22-26-41)65(80)82-62-45(68(13,14)15)33-39(6)34-46(62)69(16,17)18/h36-41,43-46,61-62,72,77H,19-35H2,1-18H3,(H,71,76)/b54-42+,70-47?. The van der Waals surface area contributed by atoms with Crippen molar-refractivity contribution in [2.75, 3.05) is 5.32 Å². The number of aliphatic hydroxyl groups is 1. The molecule has 0 spiro atoms. The SMILES string of the molecule is CC1CC(C(C)(C)C)C(OC(=O)C2=C(C(C)C)/C(=C3/C(=O)C(c4[nH]c(NC(=O)CCC(=O)C5CCCC5)c(C(=O)OC5C(C(C)(C)C)CC(C)CC5C(C)(C)C)c4C(C)C)=C3O)CC2=NC(=O)CCC(=O)C2CCCC2)C(C(C)(C)C)C1. The quantitative estimate of drug-likeness (QED) is 0.106. The minimum absolute atomic E-state index is 0.00486. The van der Waals surface area contributed by atoms with Crippen LogP contribution in [0.25, 0.3) is 5.57 Å². The number of Topliss-reactive ketones (excluding diaryl/α,β-unsaturated/α-hetero) is 3. The van der Waals surface area contributed by atoms with Gasteiger partial charge >= 0.3 is 11.9 Å². The average molecular weight is 1130 g/mol. The first kappa shape index (κ1) is 64.6. The van der Waals surface area contributed by atoms with E-state index in [0.29, 0.717) is 28.5 Å². The molecule has 454 valence electrons. The molecule has 82 heavy (non-hydrogen) atoms. The molecule has 2 amide bonds. The second kappa shape index (κ2) is 24.9. The van der Waals surface area contributed by atoms with Gasteiger partial charge in [-0.25, -0.2) is 14.6 Å². The maximum absolute atomic E-state index is 15.4. The number of ketones is 3. The van der Waals surface area contributed by atoms with Crippen molar-refractivity contribution >= 4 is 58.2 Å². The number of allylic oxidation sites excluding steroid dienone is 4. The van der Waals surface area contributed by atoms with Crippen LogP contribution in [0.15, 0.2) is 33.0 Å². The summed E-state index contributed by atoms with van der Waals surface area (Å²) in [5.41, 5.74) is 0.604. The van der Waals surface area contributed by atoms with Gasteiger partial charge < -0.3 is 24.9 Å². The molecule has 7 rings (SSSR count). The first-order valence-electron chi connectivity index (χ1n) is 31.6. The molecule has 3 N–H and O–H groups in total. The fourth-order valence-corrected chi connectivity index (χ4v) is 15.2. The van der Waals surface area contributed by atoms with E-state index in [2.05, 4.69) is 112 Å². The predicted molar refractivity (Wildman–Crippen MR) is 324 cm³/mol. The van der Waals surface area contributed by atoms with E-state index in [-0.39, 0.29) is 146 Å². The van der Waals surface area contributed by atoms with E-state index in [1.165, 1.54) is 0 Å². The monoisotopic (exact) mass is 1130 g/mol. The average Bonchev–Trinajstić information content (AvgIpc) is 4.20. The molecule has 0 saturated heterocycles. The van der Waals surface area contributed by atoms with Crippen molar-refractivity contribution in [2.45, 2.75) is 252 Å². The topological polar surface area (TPSA) is 198 Å². The van der Waals surface area contributed by atoms with Crippen LogP contribution in [0, 0.1) is 74.9 Å². The summed E-state index contributed by atoms with van der Waals surface area (Å²) in [6.07, 6.45) is 9.40. The number of carbonyl (C=O) groups excluding carboxylic acids is 7. The van der Waals surface area contributed by atoms with Gasteiger partial charge in [-0.05, 0) is 113 Å². The number of rotatable bonds is 16. The second-order valence-corrected chi connectivity index (χ2v) is 31.0. The Morgan fingerprint density at radius 3 is 1.44 bits per heavy atom. The highest BCUT2D eigenvalue weighted by molar-refractivity contribution is 6.40. The minimum Gasteiger partial charge on any atom is -0.506 e. The van der Waals surface area contributed by atoms with Crippen molar-refractivity contribution in [3.05, 3.63) is 44.9 Å². The van der Waals surface area contributed by atoms with Gasteiger partial charge in [-0.2, -0.15) is 0 Å². The second-order valence-electron chi connectivity index (χ2n) is 31.0. The fraction of sp³-hybridized carbons (Fsp3) is 0.739. The molecule has 1 heterocycles. The number of esters is 2. The molecule has 4 atom stereocenters. The number of aromatic nitrogens is 1. The lowest BCUT2D eigenvalue weighted by atomic mass is 9.59. The first-order chi connectivity index (χ1) is 38.0. The maximum Gasteiger partial charge on any atom is 0.342 e. The summed E-state index contributed by atoms with van der Waals surface area (Å²) in [5, 5.41) is 15.5. The Balaban J connectivity index is 1.36. The predicted octanol–water partition coefficient (Wildman–Crippen LogP) is 15.6. The smallest absolute Gasteiger partial charge is 0.342 e. The number of hydrogen-bond acceptors (Lipinski definition) is 10. The molecule has 13 nitrogen and oxygen atoms in total. The lowest BCUT2D eigenvalue weighted by Gasteiger charge is -2.50. The van der Waals surface area contributed by atoms with Gasteiger partial charge in [-0.3, -0.25) is 24.0 Å². The van der Waals surface area contributed by atoms with Gasteiger partial charge in [0, 0.05) is 67.6 Å². The highest BCUT2D eigenvalue weighted by Gasteiger charge is 2.52. The molecule has 1 aromatic rings. The number of nitrogens with zero attached hydrogens (tertiary/aromatic N) is 1. The Bertz CT molecular complexity index is 2730. The number of aromatic amines is 1. The lowest BCUT2D eigenvalue weighted by Crippen LogP contribution is -2.49. The van der Waals surface area contributed by atoms with Crippen LogP contribution >= 0.6 is 0 Å². The molecule has 4 fully saturated rings.